The van der Waals surface area contributed by atoms with Crippen molar-refractivity contribution in [1.29, 1.82) is 0 Å². The number of nitrogens with zero attached hydrogens (tertiary/aromatic N) is 1. The molecule has 1 aliphatic rings. The molecule has 5 aromatic rings. The number of carbonyl (C=O) groups is 2. The minimum atomic E-state index is -1.53. The van der Waals surface area contributed by atoms with Gasteiger partial charge in [0.2, 0.25) is 17.1 Å². The van der Waals surface area contributed by atoms with Crippen molar-refractivity contribution in [3.05, 3.63) is 108 Å². The Bertz CT molecular complexity index is 2080. The number of H-pyrrole nitrogens is 1. The van der Waals surface area contributed by atoms with Crippen molar-refractivity contribution in [3.63, 3.8) is 0 Å². The number of amides is 1. The van der Waals surface area contributed by atoms with Crippen LogP contribution in [-0.4, -0.2) is 76.5 Å². The maximum atomic E-state index is 13.1. The quantitative estimate of drug-likeness (QED) is 0.0651. The lowest BCUT2D eigenvalue weighted by molar-refractivity contribution is -0.170. The molecule has 1 saturated carbocycles. The average molecular weight is 795 g/mol. The maximum Gasteiger partial charge on any atom is 0.347 e. The molecule has 2 aromatic carbocycles. The van der Waals surface area contributed by atoms with Gasteiger partial charge in [0.25, 0.3) is 0 Å². The fourth-order valence-electron chi connectivity index (χ4n) is 7.01. The summed E-state index contributed by atoms with van der Waals surface area (Å²) in [6, 6.07) is 16.9. The minimum absolute atomic E-state index is 0.0824. The number of phenolic OH excluding ortho intramolecular Hbond substituents is 1. The van der Waals surface area contributed by atoms with E-state index in [4.69, 9.17) is 21.1 Å². The number of benzene rings is 2. The predicted molar refractivity (Wildman–Crippen MR) is 211 cm³/mol. The number of carboxylic acids is 1. The second kappa shape index (κ2) is 17.5. The molecule has 286 valence electrons. The van der Waals surface area contributed by atoms with Gasteiger partial charge in [-0.15, -0.1) is 22.7 Å². The van der Waals surface area contributed by atoms with E-state index in [-0.39, 0.29) is 47.8 Å². The van der Waals surface area contributed by atoms with Crippen molar-refractivity contribution < 1.29 is 34.4 Å². The lowest BCUT2D eigenvalue weighted by Gasteiger charge is -2.38. The number of pyridine rings is 1. The molecule has 1 aliphatic carbocycles. The molecule has 6 N–H and O–H groups in total. The molecule has 6 rings (SSSR count). The number of aromatic nitrogens is 1. The van der Waals surface area contributed by atoms with E-state index >= 15 is 0 Å². The summed E-state index contributed by atoms with van der Waals surface area (Å²) in [7, 11) is 3.52. The fraction of sp³-hybridized carbons (Fsp3) is 0.359. The Kier molecular flexibility index (Phi) is 12.7. The Labute approximate surface area is 325 Å². The van der Waals surface area contributed by atoms with Gasteiger partial charge in [-0.05, 0) is 79.4 Å². The lowest BCUT2D eigenvalue weighted by Crippen LogP contribution is -2.44. The van der Waals surface area contributed by atoms with Crippen LogP contribution in [0.4, 0.5) is 5.69 Å². The van der Waals surface area contributed by atoms with Gasteiger partial charge in [-0.25, -0.2) is 4.79 Å². The topological polar surface area (TPSA) is 173 Å². The van der Waals surface area contributed by atoms with Crippen LogP contribution in [-0.2, 0) is 26.5 Å². The third-order valence-electron chi connectivity index (χ3n) is 9.90. The summed E-state index contributed by atoms with van der Waals surface area (Å²) in [6.07, 6.45) is 2.13. The van der Waals surface area contributed by atoms with Crippen molar-refractivity contribution in [3.8, 4) is 11.5 Å². The predicted octanol–water partition coefficient (Wildman–Crippen LogP) is 6.46. The number of carbonyl (C=O) groups excluding carboxylic acids is 1. The van der Waals surface area contributed by atoms with Crippen molar-refractivity contribution >= 4 is 62.7 Å². The molecule has 12 nitrogen and oxygen atoms in total. The second-order valence-corrected chi connectivity index (χ2v) is 15.6. The van der Waals surface area contributed by atoms with Crippen LogP contribution in [0.25, 0.3) is 10.9 Å². The van der Waals surface area contributed by atoms with Crippen LogP contribution >= 0.6 is 34.3 Å². The Morgan fingerprint density at radius 2 is 1.76 bits per heavy atom. The van der Waals surface area contributed by atoms with E-state index < -0.39 is 17.7 Å². The summed E-state index contributed by atoms with van der Waals surface area (Å²) in [5.74, 6) is -0.789. The molecule has 3 heterocycles. The highest BCUT2D eigenvalue weighted by Crippen LogP contribution is 2.42. The van der Waals surface area contributed by atoms with Crippen molar-refractivity contribution in [2.75, 3.05) is 32.6 Å². The van der Waals surface area contributed by atoms with Crippen LogP contribution in [0.3, 0.4) is 0 Å². The lowest BCUT2D eigenvalue weighted by atomic mass is 9.90. The van der Waals surface area contributed by atoms with Crippen LogP contribution in [0.1, 0.15) is 59.1 Å². The molecule has 1 atom stereocenters. The van der Waals surface area contributed by atoms with Crippen LogP contribution in [0.15, 0.2) is 76.2 Å². The summed E-state index contributed by atoms with van der Waals surface area (Å²) in [5, 5.41) is 42.2. The number of anilines is 1. The van der Waals surface area contributed by atoms with E-state index in [1.807, 2.05) is 42.1 Å². The number of carboxylic acid groups (broad SMARTS) is 1. The zero-order valence-corrected chi connectivity index (χ0v) is 32.2. The number of phenols is 1. The standard InChI is InChI=1S/C39H43ClN4O8S2/c1-44(24-7-9-25(10-8-24)52-39(38(49)50,33-5-3-17-53-33)34-6-4-18-54-34)16-15-36(48)42-29-20-32(51-2)23(19-28(29)40)21-41-22-31(46)26-11-13-30(45)37-27(26)12-14-35(47)43-37/h3-6,11-14,17-20,24-25,31,41,45-46H,7-10,15-16,21-22H2,1-2H3,(H,42,48)(H,43,47)(H,49,50)/t24?,25?,31-/m0/s1. The van der Waals surface area contributed by atoms with Gasteiger partial charge in [0, 0.05) is 55.2 Å². The Balaban J connectivity index is 0.989. The molecule has 0 aliphatic heterocycles. The molecule has 15 heteroatoms. The van der Waals surface area contributed by atoms with Crippen LogP contribution < -0.4 is 20.9 Å². The van der Waals surface area contributed by atoms with E-state index in [0.717, 1.165) is 18.4 Å². The molecule has 3 aromatic heterocycles. The van der Waals surface area contributed by atoms with Gasteiger partial charge < -0.3 is 45.3 Å². The first-order valence-corrected chi connectivity index (χ1v) is 19.7. The molecular weight excluding hydrogens is 752 g/mol. The zero-order chi connectivity index (χ0) is 38.4. The number of halogens is 1. The summed E-state index contributed by atoms with van der Waals surface area (Å²) in [5.41, 5.74) is 0.0636. The van der Waals surface area contributed by atoms with Gasteiger partial charge in [-0.1, -0.05) is 29.8 Å². The zero-order valence-electron chi connectivity index (χ0n) is 29.8. The number of aliphatic carboxylic acids is 1. The first kappa shape index (κ1) is 39.4. The number of hydrogen-bond acceptors (Lipinski definition) is 11. The highest BCUT2D eigenvalue weighted by Gasteiger charge is 2.48. The van der Waals surface area contributed by atoms with E-state index in [9.17, 15) is 29.7 Å². The first-order chi connectivity index (χ1) is 26.0. The number of methoxy groups -OCH3 is 1. The third-order valence-corrected chi connectivity index (χ3v) is 12.2. The number of aromatic hydroxyl groups is 1. The van der Waals surface area contributed by atoms with Crippen molar-refractivity contribution in [2.45, 2.75) is 62.5 Å². The molecule has 0 spiro atoms. The first-order valence-electron chi connectivity index (χ1n) is 17.6. The van der Waals surface area contributed by atoms with Crippen LogP contribution in [0.5, 0.6) is 11.5 Å². The van der Waals surface area contributed by atoms with Crippen LogP contribution in [0.2, 0.25) is 5.02 Å². The average Bonchev–Trinajstić information content (AvgIpc) is 3.91. The van der Waals surface area contributed by atoms with Crippen LogP contribution in [0, 0.1) is 0 Å². The Morgan fingerprint density at radius 1 is 1.06 bits per heavy atom. The minimum Gasteiger partial charge on any atom is -0.506 e. The van der Waals surface area contributed by atoms with E-state index in [0.29, 0.717) is 63.1 Å². The number of aromatic amines is 1. The smallest absolute Gasteiger partial charge is 0.347 e. The van der Waals surface area contributed by atoms with Gasteiger partial charge in [0.05, 0.1) is 45.3 Å². The molecular formula is C39H43ClN4O8S2. The summed E-state index contributed by atoms with van der Waals surface area (Å²) < 4.78 is 12.1. The number of fused-ring (bicyclic) bond motifs is 1. The molecule has 0 radical (unpaired) electrons. The molecule has 0 saturated heterocycles. The molecule has 1 amide bonds. The second-order valence-electron chi connectivity index (χ2n) is 13.3. The SMILES string of the molecule is COc1cc(NC(=O)CCN(C)C2CCC(OC(C(=O)O)(c3cccs3)c3cccs3)CC2)c(Cl)cc1CNC[C@H](O)c1ccc(O)c2[nH]c(=O)ccc12. The number of nitrogens with one attached hydrogen (secondary N) is 3. The molecule has 0 unspecified atom stereocenters. The largest absolute Gasteiger partial charge is 0.506 e. The Morgan fingerprint density at radius 3 is 2.39 bits per heavy atom. The number of aliphatic hydroxyl groups is 1. The van der Waals surface area contributed by atoms with Gasteiger partial charge in [0.15, 0.2) is 0 Å². The van der Waals surface area contributed by atoms with Gasteiger partial charge in [0.1, 0.15) is 11.5 Å². The number of hydrogen-bond donors (Lipinski definition) is 6. The highest BCUT2D eigenvalue weighted by molar-refractivity contribution is 7.12. The normalized spacial score (nSPS) is 16.8. The summed E-state index contributed by atoms with van der Waals surface area (Å²) in [4.78, 5) is 43.7. The van der Waals surface area contributed by atoms with E-state index in [2.05, 4.69) is 20.5 Å². The van der Waals surface area contributed by atoms with E-state index in [1.54, 1.807) is 24.3 Å². The van der Waals surface area contributed by atoms with Gasteiger partial charge >= 0.3 is 5.97 Å². The summed E-state index contributed by atoms with van der Waals surface area (Å²) in [6.45, 7) is 0.989. The monoisotopic (exact) mass is 794 g/mol. The van der Waals surface area contributed by atoms with Crippen molar-refractivity contribution in [2.24, 2.45) is 0 Å². The Hall–Kier alpha value is -4.28. The molecule has 1 fully saturated rings. The third kappa shape index (κ3) is 8.65. The van der Waals surface area contributed by atoms with Gasteiger partial charge in [-0.3, -0.25) is 9.59 Å². The maximum absolute atomic E-state index is 13.1. The highest BCUT2D eigenvalue weighted by atomic mass is 35.5. The number of aliphatic hydroxyl groups excluding tert-OH is 1. The number of thiophene rings is 2. The molecule has 0 bridgehead atoms. The fourth-order valence-corrected chi connectivity index (χ4v) is 9.05. The number of ether oxygens (including phenoxy) is 2. The van der Waals surface area contributed by atoms with Gasteiger partial charge in [-0.2, -0.15) is 0 Å². The number of rotatable bonds is 16. The molecule has 54 heavy (non-hydrogen) atoms. The summed E-state index contributed by atoms with van der Waals surface area (Å²) >= 11 is 9.37. The van der Waals surface area contributed by atoms with Crippen molar-refractivity contribution in [1.82, 2.24) is 15.2 Å². The van der Waals surface area contributed by atoms with E-state index in [1.165, 1.54) is 41.9 Å².